The van der Waals surface area contributed by atoms with E-state index in [-0.39, 0.29) is 23.9 Å². The molecule has 0 spiro atoms. The molecule has 1 N–H and O–H groups in total. The number of rotatable bonds is 4. The Balaban J connectivity index is 0. The van der Waals surface area contributed by atoms with Gasteiger partial charge in [-0.15, -0.1) is 0 Å². The van der Waals surface area contributed by atoms with Crippen LogP contribution in [0.1, 0.15) is 40.0 Å². The third-order valence-electron chi connectivity index (χ3n) is 2.48. The quantitative estimate of drug-likeness (QED) is 0.786. The van der Waals surface area contributed by atoms with E-state index in [1.807, 2.05) is 20.8 Å². The maximum Gasteiger partial charge on any atom is 0.309 e. The molecule has 2 nitrogen and oxygen atoms in total. The summed E-state index contributed by atoms with van der Waals surface area (Å²) in [5.41, 5.74) is -0.458. The second kappa shape index (κ2) is 5.86. The van der Waals surface area contributed by atoms with Gasteiger partial charge in [-0.2, -0.15) is 0 Å². The zero-order chi connectivity index (χ0) is 8.20. The number of carboxylic acids is 1. The van der Waals surface area contributed by atoms with Crippen molar-refractivity contribution in [2.75, 3.05) is 0 Å². The molecule has 4 radical (unpaired) electrons. The van der Waals surface area contributed by atoms with Crippen LogP contribution in [0.5, 0.6) is 0 Å². The van der Waals surface area contributed by atoms with E-state index in [0.717, 1.165) is 19.3 Å². The molecule has 0 heterocycles. The van der Waals surface area contributed by atoms with Gasteiger partial charge < -0.3 is 5.11 Å². The maximum absolute atomic E-state index is 10.7. The Labute approximate surface area is 85.3 Å². The number of hydrogen-bond donors (Lipinski definition) is 1. The predicted octanol–water partition coefficient (Wildman–Crippen LogP) is 1.91. The molecular weight excluding hydrogens is 247 g/mol. The minimum Gasteiger partial charge on any atom is -0.481 e. The van der Waals surface area contributed by atoms with Crippen molar-refractivity contribution in [3.8, 4) is 0 Å². The van der Waals surface area contributed by atoms with Gasteiger partial charge in [-0.05, 0) is 19.3 Å². The normalized spacial score (nSPS) is 10.5. The summed E-state index contributed by atoms with van der Waals surface area (Å²) in [6.07, 6.45) is 2.19. The molecule has 3 heteroatoms. The second-order valence-electron chi connectivity index (χ2n) is 2.65. The fraction of sp³-hybridized carbons (Fsp3) is 0.875. The first-order valence-electron chi connectivity index (χ1n) is 3.86. The van der Waals surface area contributed by atoms with Gasteiger partial charge in [0, 0.05) is 23.9 Å². The molecule has 0 saturated carbocycles. The van der Waals surface area contributed by atoms with E-state index in [1.54, 1.807) is 0 Å². The van der Waals surface area contributed by atoms with E-state index in [2.05, 4.69) is 0 Å². The second-order valence-corrected chi connectivity index (χ2v) is 2.65. The van der Waals surface area contributed by atoms with Gasteiger partial charge in [-0.1, -0.05) is 20.8 Å². The third-order valence-corrected chi connectivity index (χ3v) is 2.48. The Morgan fingerprint density at radius 1 is 1.18 bits per heavy atom. The molecular formula is C8H16O2Sn. The molecule has 0 saturated heterocycles. The number of carboxylic acid groups (broad SMARTS) is 1. The van der Waals surface area contributed by atoms with Crippen molar-refractivity contribution >= 4 is 29.9 Å². The van der Waals surface area contributed by atoms with E-state index in [4.69, 9.17) is 5.11 Å². The molecule has 0 aliphatic heterocycles. The van der Waals surface area contributed by atoms with Crippen molar-refractivity contribution in [2.24, 2.45) is 5.41 Å². The molecule has 0 atom stereocenters. The summed E-state index contributed by atoms with van der Waals surface area (Å²) in [6.45, 7) is 5.80. The molecule has 64 valence electrons. The molecule has 0 aromatic rings. The summed E-state index contributed by atoms with van der Waals surface area (Å²) in [7, 11) is 0. The van der Waals surface area contributed by atoms with Crippen molar-refractivity contribution < 1.29 is 9.90 Å². The van der Waals surface area contributed by atoms with Crippen LogP contribution in [0.2, 0.25) is 0 Å². The largest absolute Gasteiger partial charge is 0.481 e. The fourth-order valence-corrected chi connectivity index (χ4v) is 1.20. The van der Waals surface area contributed by atoms with E-state index >= 15 is 0 Å². The van der Waals surface area contributed by atoms with Crippen LogP contribution < -0.4 is 0 Å². The average Bonchev–Trinajstić information content (AvgIpc) is 1.92. The van der Waals surface area contributed by atoms with Crippen molar-refractivity contribution in [1.29, 1.82) is 0 Å². The van der Waals surface area contributed by atoms with Gasteiger partial charge in [0.25, 0.3) is 0 Å². The molecule has 0 rings (SSSR count). The molecule has 11 heavy (non-hydrogen) atoms. The first-order chi connectivity index (χ1) is 4.63. The van der Waals surface area contributed by atoms with E-state index in [9.17, 15) is 4.79 Å². The minimum atomic E-state index is -0.653. The van der Waals surface area contributed by atoms with Crippen molar-refractivity contribution in [1.82, 2.24) is 0 Å². The Hall–Kier alpha value is 0.269. The fourth-order valence-electron chi connectivity index (χ4n) is 1.20. The molecule has 0 aromatic carbocycles. The Morgan fingerprint density at radius 2 is 1.45 bits per heavy atom. The Morgan fingerprint density at radius 3 is 1.45 bits per heavy atom. The summed E-state index contributed by atoms with van der Waals surface area (Å²) in [6, 6.07) is 0. The standard InChI is InChI=1S/C8H16O2.Sn/c1-4-8(5-2,6-3)7(9)10;/h4-6H2,1-3H3,(H,9,10);. The predicted molar refractivity (Wildman–Crippen MR) is 46.7 cm³/mol. The first kappa shape index (κ1) is 13.8. The zero-order valence-corrected chi connectivity index (χ0v) is 10.3. The van der Waals surface area contributed by atoms with Crippen LogP contribution in [-0.2, 0) is 4.79 Å². The molecule has 0 fully saturated rings. The monoisotopic (exact) mass is 264 g/mol. The summed E-state index contributed by atoms with van der Waals surface area (Å²) in [5, 5.41) is 8.82. The Kier molecular flexibility index (Phi) is 7.37. The molecule has 0 unspecified atom stereocenters. The van der Waals surface area contributed by atoms with Crippen LogP contribution in [0.3, 0.4) is 0 Å². The van der Waals surface area contributed by atoms with Crippen LogP contribution in [0.15, 0.2) is 0 Å². The topological polar surface area (TPSA) is 37.3 Å². The van der Waals surface area contributed by atoms with Gasteiger partial charge in [-0.25, -0.2) is 0 Å². The van der Waals surface area contributed by atoms with Crippen LogP contribution in [0, 0.1) is 5.41 Å². The van der Waals surface area contributed by atoms with Crippen molar-refractivity contribution in [3.63, 3.8) is 0 Å². The Bertz CT molecular complexity index is 111. The first-order valence-corrected chi connectivity index (χ1v) is 3.86. The summed E-state index contributed by atoms with van der Waals surface area (Å²) < 4.78 is 0. The van der Waals surface area contributed by atoms with Crippen molar-refractivity contribution in [2.45, 2.75) is 40.0 Å². The maximum atomic E-state index is 10.7. The van der Waals surface area contributed by atoms with Gasteiger partial charge >= 0.3 is 5.97 Å². The van der Waals surface area contributed by atoms with E-state index < -0.39 is 11.4 Å². The summed E-state index contributed by atoms with van der Waals surface area (Å²) >= 11 is 0. The smallest absolute Gasteiger partial charge is 0.309 e. The van der Waals surface area contributed by atoms with Gasteiger partial charge in [0.15, 0.2) is 0 Å². The molecule has 0 aliphatic rings. The number of aliphatic carboxylic acids is 1. The van der Waals surface area contributed by atoms with Gasteiger partial charge in [0.2, 0.25) is 0 Å². The number of hydrogen-bond acceptors (Lipinski definition) is 1. The van der Waals surface area contributed by atoms with Crippen LogP contribution >= 0.6 is 0 Å². The van der Waals surface area contributed by atoms with Crippen LogP contribution in [0.25, 0.3) is 0 Å². The third kappa shape index (κ3) is 3.01. The minimum absolute atomic E-state index is 0. The van der Waals surface area contributed by atoms with Crippen LogP contribution in [-0.4, -0.2) is 35.0 Å². The van der Waals surface area contributed by atoms with Gasteiger partial charge in [0.1, 0.15) is 0 Å². The SMILES string of the molecule is CCC(CC)(CC)C(=O)O.[Sn]. The summed E-state index contributed by atoms with van der Waals surface area (Å²) in [4.78, 5) is 10.7. The van der Waals surface area contributed by atoms with E-state index in [0.29, 0.717) is 0 Å². The molecule has 0 aliphatic carbocycles. The zero-order valence-electron chi connectivity index (χ0n) is 7.48. The number of carbonyl (C=O) groups is 1. The molecule has 0 amide bonds. The van der Waals surface area contributed by atoms with E-state index in [1.165, 1.54) is 0 Å². The molecule has 0 bridgehead atoms. The summed E-state index contributed by atoms with van der Waals surface area (Å²) in [5.74, 6) is -0.653. The van der Waals surface area contributed by atoms with Gasteiger partial charge in [0.05, 0.1) is 5.41 Å². The van der Waals surface area contributed by atoms with Gasteiger partial charge in [-0.3, -0.25) is 4.79 Å². The average molecular weight is 263 g/mol. The van der Waals surface area contributed by atoms with Crippen LogP contribution in [0.4, 0.5) is 0 Å². The molecule has 0 aromatic heterocycles. The van der Waals surface area contributed by atoms with Crippen molar-refractivity contribution in [3.05, 3.63) is 0 Å².